The van der Waals surface area contributed by atoms with E-state index in [-0.39, 0.29) is 24.0 Å². The Morgan fingerprint density at radius 2 is 2.08 bits per heavy atom. The largest absolute Gasteiger partial charge is 0.354 e. The highest BCUT2D eigenvalue weighted by molar-refractivity contribution is 14.0. The van der Waals surface area contributed by atoms with Crippen LogP contribution in [0.1, 0.15) is 39.3 Å². The monoisotopic (exact) mass is 505 g/mol. The van der Waals surface area contributed by atoms with Crippen LogP contribution < -0.4 is 10.6 Å². The Morgan fingerprint density at radius 3 is 2.65 bits per heavy atom. The molecule has 26 heavy (non-hydrogen) atoms. The lowest BCUT2D eigenvalue weighted by Crippen LogP contribution is -2.42. The second kappa shape index (κ2) is 10.6. The fourth-order valence-electron chi connectivity index (χ4n) is 3.13. The molecule has 2 aromatic heterocycles. The number of aromatic nitrogens is 1. The molecule has 1 aliphatic heterocycles. The molecule has 1 atom stereocenters. The molecular formula is C18H28IN5S2. The zero-order valence-corrected chi connectivity index (χ0v) is 19.6. The molecule has 0 aromatic carbocycles. The van der Waals surface area contributed by atoms with Gasteiger partial charge in [0.1, 0.15) is 5.01 Å². The highest BCUT2D eigenvalue weighted by Gasteiger charge is 2.24. The second-order valence-corrected chi connectivity index (χ2v) is 8.60. The third-order valence-corrected chi connectivity index (χ3v) is 6.67. The van der Waals surface area contributed by atoms with Crippen LogP contribution in [-0.2, 0) is 6.54 Å². The minimum atomic E-state index is 0. The fourth-order valence-corrected chi connectivity index (χ4v) is 4.87. The summed E-state index contributed by atoms with van der Waals surface area (Å²) >= 11 is 3.59. The molecule has 0 aliphatic carbocycles. The summed E-state index contributed by atoms with van der Waals surface area (Å²) in [7, 11) is 1.82. The number of thiazole rings is 1. The number of thiophene rings is 1. The van der Waals surface area contributed by atoms with E-state index >= 15 is 0 Å². The zero-order chi connectivity index (χ0) is 17.6. The van der Waals surface area contributed by atoms with E-state index in [1.165, 1.54) is 35.7 Å². The Hall–Kier alpha value is -0.710. The van der Waals surface area contributed by atoms with E-state index in [1.54, 1.807) is 11.3 Å². The molecule has 3 heterocycles. The van der Waals surface area contributed by atoms with Crippen molar-refractivity contribution in [1.82, 2.24) is 20.5 Å². The van der Waals surface area contributed by atoms with Crippen LogP contribution >= 0.6 is 46.7 Å². The number of hydrogen-bond acceptors (Lipinski definition) is 5. The molecular weight excluding hydrogens is 477 g/mol. The van der Waals surface area contributed by atoms with Gasteiger partial charge in [0.05, 0.1) is 18.3 Å². The normalized spacial score (nSPS) is 16.3. The summed E-state index contributed by atoms with van der Waals surface area (Å²) in [6.07, 6.45) is 2.61. The number of nitrogens with one attached hydrogen (secondary N) is 2. The number of aryl methyl sites for hydroxylation is 2. The molecule has 144 valence electrons. The van der Waals surface area contributed by atoms with Crippen molar-refractivity contribution in [1.29, 1.82) is 0 Å². The first-order valence-corrected chi connectivity index (χ1v) is 10.5. The minimum absolute atomic E-state index is 0. The van der Waals surface area contributed by atoms with E-state index in [4.69, 9.17) is 0 Å². The molecule has 2 N–H and O–H groups in total. The van der Waals surface area contributed by atoms with Crippen molar-refractivity contribution < 1.29 is 0 Å². The van der Waals surface area contributed by atoms with Crippen molar-refractivity contribution in [3.8, 4) is 0 Å². The van der Waals surface area contributed by atoms with Crippen molar-refractivity contribution in [2.24, 2.45) is 4.99 Å². The van der Waals surface area contributed by atoms with Crippen LogP contribution in [-0.4, -0.2) is 42.5 Å². The topological polar surface area (TPSA) is 52.6 Å². The smallest absolute Gasteiger partial charge is 0.191 e. The molecule has 0 radical (unpaired) electrons. The molecule has 1 saturated heterocycles. The van der Waals surface area contributed by atoms with E-state index in [9.17, 15) is 0 Å². The molecule has 0 spiro atoms. The lowest BCUT2D eigenvalue weighted by molar-refractivity contribution is 0.249. The maximum atomic E-state index is 4.58. The minimum Gasteiger partial charge on any atom is -0.354 e. The molecule has 1 aliphatic rings. The van der Waals surface area contributed by atoms with Gasteiger partial charge < -0.3 is 10.6 Å². The lowest BCUT2D eigenvalue weighted by Gasteiger charge is -2.27. The molecule has 8 heteroatoms. The van der Waals surface area contributed by atoms with E-state index in [2.05, 4.69) is 56.9 Å². The quantitative estimate of drug-likeness (QED) is 0.355. The van der Waals surface area contributed by atoms with Gasteiger partial charge in [0.15, 0.2) is 5.96 Å². The third-order valence-electron chi connectivity index (χ3n) is 4.62. The van der Waals surface area contributed by atoms with Crippen LogP contribution in [0.15, 0.2) is 22.5 Å². The number of rotatable bonds is 6. The van der Waals surface area contributed by atoms with E-state index in [1.807, 2.05) is 18.4 Å². The van der Waals surface area contributed by atoms with Gasteiger partial charge in [0.25, 0.3) is 0 Å². The van der Waals surface area contributed by atoms with Gasteiger partial charge in [-0.05, 0) is 51.2 Å². The van der Waals surface area contributed by atoms with Crippen LogP contribution in [0, 0.1) is 13.8 Å². The second-order valence-electron chi connectivity index (χ2n) is 6.33. The first-order chi connectivity index (χ1) is 12.2. The van der Waals surface area contributed by atoms with Crippen LogP contribution in [0.25, 0.3) is 0 Å². The van der Waals surface area contributed by atoms with Crippen LogP contribution in [0.2, 0.25) is 0 Å². The number of nitrogens with zero attached hydrogens (tertiary/aromatic N) is 3. The molecule has 2 aromatic rings. The van der Waals surface area contributed by atoms with Gasteiger partial charge in [0.2, 0.25) is 0 Å². The van der Waals surface area contributed by atoms with Crippen LogP contribution in [0.5, 0.6) is 0 Å². The average molecular weight is 505 g/mol. The van der Waals surface area contributed by atoms with Crippen molar-refractivity contribution in [2.75, 3.05) is 26.7 Å². The molecule has 0 bridgehead atoms. The van der Waals surface area contributed by atoms with E-state index in [0.29, 0.717) is 12.6 Å². The van der Waals surface area contributed by atoms with Gasteiger partial charge in [-0.3, -0.25) is 9.89 Å². The summed E-state index contributed by atoms with van der Waals surface area (Å²) in [5.74, 6) is 0.839. The Balaban J connectivity index is 0.00000243. The Kier molecular flexibility index (Phi) is 8.78. The van der Waals surface area contributed by atoms with Gasteiger partial charge in [-0.15, -0.1) is 46.7 Å². The van der Waals surface area contributed by atoms with Gasteiger partial charge in [0, 0.05) is 23.3 Å². The molecule has 0 saturated carbocycles. The molecule has 3 rings (SSSR count). The van der Waals surface area contributed by atoms with Crippen LogP contribution in [0.3, 0.4) is 0 Å². The molecule has 1 unspecified atom stereocenters. The van der Waals surface area contributed by atoms with Gasteiger partial charge in [-0.2, -0.15) is 0 Å². The standard InChI is InChI=1S/C18H27N5S2.HI/c1-13-14(2)25-17(22-13)12-21-18(19-3)20-11-15(16-7-6-10-24-16)23-8-4-5-9-23;/h6-7,10,15H,4-5,8-9,11-12H2,1-3H3,(H2,19,20,21);1H. The van der Waals surface area contributed by atoms with E-state index in [0.717, 1.165) is 23.2 Å². The fraction of sp³-hybridized carbons (Fsp3) is 0.556. The maximum Gasteiger partial charge on any atom is 0.191 e. The summed E-state index contributed by atoms with van der Waals surface area (Å²) < 4.78 is 0. The number of aliphatic imine (C=N–C) groups is 1. The van der Waals surface area contributed by atoms with Gasteiger partial charge >= 0.3 is 0 Å². The summed E-state index contributed by atoms with van der Waals surface area (Å²) in [4.78, 5) is 14.2. The van der Waals surface area contributed by atoms with E-state index < -0.39 is 0 Å². The highest BCUT2D eigenvalue weighted by Crippen LogP contribution is 2.27. The number of guanidine groups is 1. The number of hydrogen-bond donors (Lipinski definition) is 2. The van der Waals surface area contributed by atoms with Gasteiger partial charge in [-0.25, -0.2) is 4.98 Å². The zero-order valence-electron chi connectivity index (χ0n) is 15.6. The average Bonchev–Trinajstić information content (AvgIpc) is 3.35. The Labute approximate surface area is 181 Å². The summed E-state index contributed by atoms with van der Waals surface area (Å²) in [6.45, 7) is 8.14. The predicted molar refractivity (Wildman–Crippen MR) is 123 cm³/mol. The first-order valence-electron chi connectivity index (χ1n) is 8.82. The molecule has 0 amide bonds. The summed E-state index contributed by atoms with van der Waals surface area (Å²) in [6, 6.07) is 4.81. The van der Waals surface area contributed by atoms with Crippen molar-refractivity contribution in [3.63, 3.8) is 0 Å². The summed E-state index contributed by atoms with van der Waals surface area (Å²) in [5, 5.41) is 10.2. The van der Waals surface area contributed by atoms with Crippen LogP contribution in [0.4, 0.5) is 0 Å². The SMILES string of the molecule is CN=C(NCc1nc(C)c(C)s1)NCC(c1cccs1)N1CCCC1.I. The molecule has 5 nitrogen and oxygen atoms in total. The number of halogens is 1. The third kappa shape index (κ3) is 5.64. The first kappa shape index (κ1) is 21.6. The Bertz CT molecular complexity index is 673. The Morgan fingerprint density at radius 1 is 1.31 bits per heavy atom. The summed E-state index contributed by atoms with van der Waals surface area (Å²) in [5.41, 5.74) is 1.12. The van der Waals surface area contributed by atoms with Crippen molar-refractivity contribution in [3.05, 3.63) is 38.0 Å². The maximum absolute atomic E-state index is 4.58. The number of likely N-dealkylation sites (tertiary alicyclic amines) is 1. The molecule has 1 fully saturated rings. The van der Waals surface area contributed by atoms with Gasteiger partial charge in [-0.1, -0.05) is 6.07 Å². The predicted octanol–water partition coefficient (Wildman–Crippen LogP) is 3.94. The highest BCUT2D eigenvalue weighted by atomic mass is 127. The lowest BCUT2D eigenvalue weighted by atomic mass is 10.2. The van der Waals surface area contributed by atoms with Crippen molar-refractivity contribution >= 4 is 52.6 Å². The van der Waals surface area contributed by atoms with Crippen molar-refractivity contribution in [2.45, 2.75) is 39.3 Å².